The van der Waals surface area contributed by atoms with Crippen molar-refractivity contribution >= 4 is 29.2 Å². The van der Waals surface area contributed by atoms with E-state index in [-0.39, 0.29) is 35.3 Å². The molecule has 156 valence electrons. The van der Waals surface area contributed by atoms with E-state index < -0.39 is 0 Å². The van der Waals surface area contributed by atoms with Gasteiger partial charge in [0, 0.05) is 17.9 Å². The first-order valence-corrected chi connectivity index (χ1v) is 9.33. The van der Waals surface area contributed by atoms with Crippen LogP contribution in [0.4, 0.5) is 42.4 Å². The highest BCUT2D eigenvalue weighted by atomic mass is 19.1. The van der Waals surface area contributed by atoms with Crippen LogP contribution in [0.1, 0.15) is 5.56 Å². The predicted octanol–water partition coefficient (Wildman–Crippen LogP) is 5.39. The minimum Gasteiger partial charge on any atom is -0.350 e. The van der Waals surface area contributed by atoms with Crippen molar-refractivity contribution in [3.8, 4) is 0 Å². The van der Waals surface area contributed by atoms with Crippen LogP contribution in [0.25, 0.3) is 0 Å². The van der Waals surface area contributed by atoms with Gasteiger partial charge in [0.25, 0.3) is 0 Å². The minimum atomic E-state index is -0.360. The predicted molar refractivity (Wildman–Crippen MR) is 113 cm³/mol. The number of benzene rings is 3. The van der Waals surface area contributed by atoms with Gasteiger partial charge in [-0.2, -0.15) is 15.0 Å². The first kappa shape index (κ1) is 20.1. The van der Waals surface area contributed by atoms with E-state index in [1.54, 1.807) is 36.4 Å². The summed E-state index contributed by atoms with van der Waals surface area (Å²) < 4.78 is 39.4. The van der Waals surface area contributed by atoms with Crippen molar-refractivity contribution in [1.29, 1.82) is 0 Å². The van der Waals surface area contributed by atoms with Crippen molar-refractivity contribution in [2.75, 3.05) is 16.0 Å². The average Bonchev–Trinajstić information content (AvgIpc) is 2.77. The maximum atomic E-state index is 13.2. The summed E-state index contributed by atoms with van der Waals surface area (Å²) in [6, 6.07) is 17.5. The first-order valence-electron chi connectivity index (χ1n) is 9.33. The molecule has 0 fully saturated rings. The summed E-state index contributed by atoms with van der Waals surface area (Å²) in [6.45, 7) is 0.357. The van der Waals surface area contributed by atoms with Gasteiger partial charge < -0.3 is 16.0 Å². The molecule has 0 aliphatic carbocycles. The SMILES string of the molecule is Fc1ccc(CNc2nc(Nc3ccc(F)cc3)nc(Nc3ccc(F)cc3)n2)cc1. The first-order chi connectivity index (χ1) is 15.0. The molecule has 0 spiro atoms. The molecule has 0 radical (unpaired) electrons. The molecule has 31 heavy (non-hydrogen) atoms. The fourth-order valence-corrected chi connectivity index (χ4v) is 2.67. The highest BCUT2D eigenvalue weighted by molar-refractivity contribution is 5.59. The van der Waals surface area contributed by atoms with E-state index in [9.17, 15) is 13.2 Å². The third-order valence-corrected chi connectivity index (χ3v) is 4.20. The summed E-state index contributed by atoms with van der Waals surface area (Å²) in [5.41, 5.74) is 2.01. The molecule has 4 rings (SSSR count). The van der Waals surface area contributed by atoms with Crippen molar-refractivity contribution in [2.24, 2.45) is 0 Å². The largest absolute Gasteiger partial charge is 0.350 e. The van der Waals surface area contributed by atoms with E-state index in [4.69, 9.17) is 0 Å². The molecule has 9 heteroatoms. The van der Waals surface area contributed by atoms with Crippen LogP contribution in [0.3, 0.4) is 0 Å². The number of anilines is 5. The number of hydrogen-bond acceptors (Lipinski definition) is 6. The Hall–Kier alpha value is -4.14. The Bertz CT molecular complexity index is 1080. The number of aromatic nitrogens is 3. The molecular weight excluding hydrogens is 405 g/mol. The molecule has 0 amide bonds. The highest BCUT2D eigenvalue weighted by Gasteiger charge is 2.08. The Labute approximate surface area is 176 Å². The highest BCUT2D eigenvalue weighted by Crippen LogP contribution is 2.19. The van der Waals surface area contributed by atoms with Crippen molar-refractivity contribution < 1.29 is 13.2 Å². The van der Waals surface area contributed by atoms with E-state index in [1.165, 1.54) is 36.4 Å². The summed E-state index contributed by atoms with van der Waals surface area (Å²) in [5.74, 6) is -0.349. The fraction of sp³-hybridized carbons (Fsp3) is 0.0455. The van der Waals surface area contributed by atoms with Crippen LogP contribution >= 0.6 is 0 Å². The number of hydrogen-bond donors (Lipinski definition) is 3. The third-order valence-electron chi connectivity index (χ3n) is 4.20. The van der Waals surface area contributed by atoms with Crippen LogP contribution in [0.2, 0.25) is 0 Å². The zero-order chi connectivity index (χ0) is 21.6. The molecule has 6 nitrogen and oxygen atoms in total. The lowest BCUT2D eigenvalue weighted by atomic mass is 10.2. The van der Waals surface area contributed by atoms with E-state index in [2.05, 4.69) is 30.9 Å². The zero-order valence-electron chi connectivity index (χ0n) is 16.1. The lowest BCUT2D eigenvalue weighted by Gasteiger charge is -2.11. The molecule has 0 aliphatic heterocycles. The van der Waals surface area contributed by atoms with E-state index in [0.717, 1.165) is 5.56 Å². The van der Waals surface area contributed by atoms with Gasteiger partial charge >= 0.3 is 0 Å². The summed E-state index contributed by atoms with van der Waals surface area (Å²) in [6.07, 6.45) is 0. The van der Waals surface area contributed by atoms with Crippen molar-refractivity contribution in [2.45, 2.75) is 6.54 Å². The van der Waals surface area contributed by atoms with Gasteiger partial charge in [-0.25, -0.2) is 13.2 Å². The Morgan fingerprint density at radius 1 is 0.516 bits per heavy atom. The van der Waals surface area contributed by atoms with Crippen molar-refractivity contribution in [3.63, 3.8) is 0 Å². The maximum Gasteiger partial charge on any atom is 0.233 e. The van der Waals surface area contributed by atoms with Crippen LogP contribution in [-0.2, 0) is 6.54 Å². The van der Waals surface area contributed by atoms with Crippen molar-refractivity contribution in [3.05, 3.63) is 95.8 Å². The van der Waals surface area contributed by atoms with Gasteiger partial charge in [0.15, 0.2) is 0 Å². The minimum absolute atomic E-state index is 0.216. The Morgan fingerprint density at radius 3 is 1.35 bits per heavy atom. The number of nitrogens with one attached hydrogen (secondary N) is 3. The second-order valence-corrected chi connectivity index (χ2v) is 6.55. The topological polar surface area (TPSA) is 74.8 Å². The quantitative estimate of drug-likeness (QED) is 0.371. The lowest BCUT2D eigenvalue weighted by molar-refractivity contribution is 0.627. The second kappa shape index (κ2) is 9.12. The standard InChI is InChI=1S/C22H17F3N6/c23-15-3-1-14(2-4-15)13-26-20-29-21(27-18-9-5-16(24)6-10-18)31-22(30-20)28-19-11-7-17(25)8-12-19/h1-12H,13H2,(H3,26,27,28,29,30,31). The number of halogens is 3. The van der Waals surface area contributed by atoms with Gasteiger partial charge in [-0.3, -0.25) is 0 Å². The molecule has 0 saturated carbocycles. The normalized spacial score (nSPS) is 10.5. The molecule has 0 bridgehead atoms. The molecule has 4 aromatic rings. The molecule has 1 aromatic heterocycles. The van der Waals surface area contributed by atoms with E-state index in [0.29, 0.717) is 17.9 Å². The number of rotatable bonds is 7. The molecule has 3 N–H and O–H groups in total. The molecule has 0 atom stereocenters. The summed E-state index contributed by atoms with van der Waals surface area (Å²) in [4.78, 5) is 13.0. The van der Waals surface area contributed by atoms with Gasteiger partial charge in [-0.1, -0.05) is 12.1 Å². The molecule has 1 heterocycles. The van der Waals surface area contributed by atoms with Crippen molar-refractivity contribution in [1.82, 2.24) is 15.0 Å². The number of nitrogens with zero attached hydrogens (tertiary/aromatic N) is 3. The summed E-state index contributed by atoms with van der Waals surface area (Å²) in [7, 11) is 0. The van der Waals surface area contributed by atoms with Gasteiger partial charge in [0.05, 0.1) is 0 Å². The maximum absolute atomic E-state index is 13.2. The van der Waals surface area contributed by atoms with Gasteiger partial charge in [-0.05, 0) is 66.2 Å². The fourth-order valence-electron chi connectivity index (χ4n) is 2.67. The second-order valence-electron chi connectivity index (χ2n) is 6.55. The summed E-state index contributed by atoms with van der Waals surface area (Å²) >= 11 is 0. The molecule has 0 unspecified atom stereocenters. The van der Waals surface area contributed by atoms with Gasteiger partial charge in [0.2, 0.25) is 17.8 Å². The smallest absolute Gasteiger partial charge is 0.233 e. The Kier molecular flexibility index (Phi) is 5.93. The van der Waals surface area contributed by atoms with Gasteiger partial charge in [0.1, 0.15) is 17.5 Å². The monoisotopic (exact) mass is 422 g/mol. The van der Waals surface area contributed by atoms with E-state index >= 15 is 0 Å². The van der Waals surface area contributed by atoms with Gasteiger partial charge in [-0.15, -0.1) is 0 Å². The average molecular weight is 422 g/mol. The van der Waals surface area contributed by atoms with E-state index in [1.807, 2.05) is 0 Å². The third kappa shape index (κ3) is 5.69. The Morgan fingerprint density at radius 2 is 0.903 bits per heavy atom. The van der Waals surface area contributed by atoms with Crippen LogP contribution in [0.15, 0.2) is 72.8 Å². The molecule has 0 aliphatic rings. The summed E-state index contributed by atoms with van der Waals surface area (Å²) in [5, 5.41) is 9.05. The van der Waals surface area contributed by atoms with Crippen LogP contribution in [-0.4, -0.2) is 15.0 Å². The molecular formula is C22H17F3N6. The molecule has 0 saturated heterocycles. The van der Waals surface area contributed by atoms with Crippen LogP contribution < -0.4 is 16.0 Å². The molecule has 3 aromatic carbocycles. The zero-order valence-corrected chi connectivity index (χ0v) is 16.1. The Balaban J connectivity index is 1.57. The van der Waals surface area contributed by atoms with Crippen LogP contribution in [0.5, 0.6) is 0 Å². The van der Waals surface area contributed by atoms with Crippen LogP contribution in [0, 0.1) is 17.5 Å². The lowest BCUT2D eigenvalue weighted by Crippen LogP contribution is -2.09.